The fourth-order valence-corrected chi connectivity index (χ4v) is 2.55. The van der Waals surface area contributed by atoms with Gasteiger partial charge in [0.15, 0.2) is 5.96 Å². The van der Waals surface area contributed by atoms with E-state index in [-0.39, 0.29) is 5.91 Å². The number of alkyl carbamates (subject to hydrolysis) is 1. The molecule has 4 N–H and O–H groups in total. The fourth-order valence-electron chi connectivity index (χ4n) is 2.55. The van der Waals surface area contributed by atoms with Crippen molar-refractivity contribution in [2.75, 3.05) is 26.2 Å². The predicted octanol–water partition coefficient (Wildman–Crippen LogP) is 3.19. The molecule has 8 heteroatoms. The summed E-state index contributed by atoms with van der Waals surface area (Å²) in [6, 6.07) is 7.50. The number of nitrogens with one attached hydrogen (secondary N) is 4. The number of carbonyl (C=O) groups is 2. The summed E-state index contributed by atoms with van der Waals surface area (Å²) in [5, 5.41) is 12.1. The quantitative estimate of drug-likeness (QED) is 0.244. The molecular weight excluding hydrogens is 394 g/mol. The van der Waals surface area contributed by atoms with Gasteiger partial charge in [0.05, 0.1) is 6.54 Å². The van der Waals surface area contributed by atoms with Gasteiger partial charge in [-0.2, -0.15) is 0 Å². The molecule has 0 aliphatic rings. The number of benzene rings is 1. The van der Waals surface area contributed by atoms with E-state index in [0.29, 0.717) is 37.7 Å². The van der Waals surface area contributed by atoms with Gasteiger partial charge in [-0.1, -0.05) is 25.5 Å². The summed E-state index contributed by atoms with van der Waals surface area (Å²) in [6.07, 6.45) is 2.37. The van der Waals surface area contributed by atoms with Crippen molar-refractivity contribution < 1.29 is 14.3 Å². The summed E-state index contributed by atoms with van der Waals surface area (Å²) >= 11 is 0. The highest BCUT2D eigenvalue weighted by atomic mass is 16.6. The molecule has 0 aromatic heterocycles. The van der Waals surface area contributed by atoms with Crippen molar-refractivity contribution in [3.8, 4) is 0 Å². The lowest BCUT2D eigenvalue weighted by molar-refractivity contribution is 0.0527. The first kappa shape index (κ1) is 26.3. The maximum atomic E-state index is 12.1. The molecule has 0 saturated carbocycles. The predicted molar refractivity (Wildman–Crippen MR) is 125 cm³/mol. The highest BCUT2D eigenvalue weighted by molar-refractivity contribution is 5.94. The zero-order valence-corrected chi connectivity index (χ0v) is 19.6. The Morgan fingerprint density at radius 2 is 1.55 bits per heavy atom. The Morgan fingerprint density at radius 1 is 0.903 bits per heavy atom. The van der Waals surface area contributed by atoms with Crippen LogP contribution in [0.2, 0.25) is 0 Å². The molecule has 0 saturated heterocycles. The Hall–Kier alpha value is -2.77. The summed E-state index contributed by atoms with van der Waals surface area (Å²) < 4.78 is 5.21. The fraction of sp³-hybridized carbons (Fsp3) is 0.609. The van der Waals surface area contributed by atoms with Gasteiger partial charge in [0, 0.05) is 31.7 Å². The Kier molecular flexibility index (Phi) is 12.1. The Balaban J connectivity index is 2.42. The number of amides is 2. The van der Waals surface area contributed by atoms with Crippen LogP contribution in [-0.4, -0.2) is 49.7 Å². The molecule has 0 atom stereocenters. The average Bonchev–Trinajstić information content (AvgIpc) is 2.71. The minimum atomic E-state index is -0.496. The summed E-state index contributed by atoms with van der Waals surface area (Å²) in [6.45, 7) is 12.7. The van der Waals surface area contributed by atoms with Crippen molar-refractivity contribution in [2.45, 2.75) is 66.0 Å². The van der Waals surface area contributed by atoms with Crippen LogP contribution in [0.3, 0.4) is 0 Å². The normalized spacial score (nSPS) is 11.6. The topological polar surface area (TPSA) is 104 Å². The standard InChI is InChI=1S/C23H39N5O3/c1-6-8-14-25-20(29)19-12-10-18(11-13-19)17-28-21(24-7-2)26-15-9-16-27-22(30)31-23(3,4)5/h10-13H,6-9,14-17H2,1-5H3,(H,25,29)(H,27,30)(H2,24,26,28). The second kappa shape index (κ2) is 14.3. The number of guanidine groups is 1. The van der Waals surface area contributed by atoms with Gasteiger partial charge in [-0.15, -0.1) is 0 Å². The SMILES string of the molecule is CCCCNC(=O)c1ccc(CN=C(NCC)NCCCNC(=O)OC(C)(C)C)cc1. The summed E-state index contributed by atoms with van der Waals surface area (Å²) in [7, 11) is 0. The van der Waals surface area contributed by atoms with E-state index in [1.807, 2.05) is 52.0 Å². The number of carbonyl (C=O) groups excluding carboxylic acids is 2. The second-order valence-corrected chi connectivity index (χ2v) is 8.21. The molecule has 0 unspecified atom stereocenters. The van der Waals surface area contributed by atoms with Gasteiger partial charge in [-0.25, -0.2) is 9.79 Å². The van der Waals surface area contributed by atoms with Crippen molar-refractivity contribution in [1.82, 2.24) is 21.3 Å². The largest absolute Gasteiger partial charge is 0.444 e. The van der Waals surface area contributed by atoms with Gasteiger partial charge >= 0.3 is 6.09 Å². The number of nitrogens with zero attached hydrogens (tertiary/aromatic N) is 1. The minimum absolute atomic E-state index is 0.0431. The van der Waals surface area contributed by atoms with Crippen molar-refractivity contribution in [2.24, 2.45) is 4.99 Å². The van der Waals surface area contributed by atoms with E-state index < -0.39 is 11.7 Å². The highest BCUT2D eigenvalue weighted by Crippen LogP contribution is 2.07. The summed E-state index contributed by atoms with van der Waals surface area (Å²) in [5.41, 5.74) is 1.19. The molecule has 0 spiro atoms. The second-order valence-electron chi connectivity index (χ2n) is 8.21. The van der Waals surface area contributed by atoms with Gasteiger partial charge in [0.25, 0.3) is 5.91 Å². The number of rotatable bonds is 11. The third kappa shape index (κ3) is 12.5. The van der Waals surface area contributed by atoms with Crippen LogP contribution in [-0.2, 0) is 11.3 Å². The first-order valence-corrected chi connectivity index (χ1v) is 11.1. The third-order valence-electron chi connectivity index (χ3n) is 4.11. The highest BCUT2D eigenvalue weighted by Gasteiger charge is 2.15. The molecule has 0 heterocycles. The lowest BCUT2D eigenvalue weighted by atomic mass is 10.1. The van der Waals surface area contributed by atoms with E-state index >= 15 is 0 Å². The summed E-state index contributed by atoms with van der Waals surface area (Å²) in [4.78, 5) is 28.3. The van der Waals surface area contributed by atoms with Crippen LogP contribution in [0, 0.1) is 0 Å². The van der Waals surface area contributed by atoms with Crippen LogP contribution in [0.4, 0.5) is 4.79 Å². The molecule has 0 bridgehead atoms. The molecule has 0 radical (unpaired) electrons. The van der Waals surface area contributed by atoms with E-state index in [1.54, 1.807) is 0 Å². The smallest absolute Gasteiger partial charge is 0.407 e. The Morgan fingerprint density at radius 3 is 2.16 bits per heavy atom. The number of unbranched alkanes of at least 4 members (excludes halogenated alkanes) is 1. The average molecular weight is 434 g/mol. The van der Waals surface area contributed by atoms with E-state index in [4.69, 9.17) is 4.74 Å². The minimum Gasteiger partial charge on any atom is -0.444 e. The van der Waals surface area contributed by atoms with E-state index in [0.717, 1.165) is 31.4 Å². The van der Waals surface area contributed by atoms with Crippen molar-refractivity contribution in [1.29, 1.82) is 0 Å². The lowest BCUT2D eigenvalue weighted by Gasteiger charge is -2.19. The maximum Gasteiger partial charge on any atom is 0.407 e. The molecule has 2 amide bonds. The van der Waals surface area contributed by atoms with E-state index in [9.17, 15) is 9.59 Å². The van der Waals surface area contributed by atoms with E-state index in [1.165, 1.54) is 0 Å². The molecule has 0 aliphatic carbocycles. The van der Waals surface area contributed by atoms with Crippen LogP contribution < -0.4 is 21.3 Å². The van der Waals surface area contributed by atoms with Crippen LogP contribution in [0.15, 0.2) is 29.3 Å². The molecule has 0 aliphatic heterocycles. The number of aliphatic imine (C=N–C) groups is 1. The number of hydrogen-bond donors (Lipinski definition) is 4. The molecule has 1 rings (SSSR count). The van der Waals surface area contributed by atoms with Gasteiger partial charge in [0.2, 0.25) is 0 Å². The van der Waals surface area contributed by atoms with Gasteiger partial charge < -0.3 is 26.0 Å². The van der Waals surface area contributed by atoms with Gasteiger partial charge in [-0.3, -0.25) is 4.79 Å². The molecular formula is C23H39N5O3. The van der Waals surface area contributed by atoms with Crippen LogP contribution in [0.1, 0.15) is 69.8 Å². The van der Waals surface area contributed by atoms with Crippen LogP contribution in [0.5, 0.6) is 0 Å². The zero-order valence-electron chi connectivity index (χ0n) is 19.6. The first-order valence-electron chi connectivity index (χ1n) is 11.1. The Labute approximate surface area is 186 Å². The zero-order chi connectivity index (χ0) is 23.1. The Bertz CT molecular complexity index is 696. The van der Waals surface area contributed by atoms with Gasteiger partial charge in [0.1, 0.15) is 5.60 Å². The number of hydrogen-bond acceptors (Lipinski definition) is 4. The molecule has 174 valence electrons. The third-order valence-corrected chi connectivity index (χ3v) is 4.11. The van der Waals surface area contributed by atoms with Crippen molar-refractivity contribution >= 4 is 18.0 Å². The van der Waals surface area contributed by atoms with E-state index in [2.05, 4.69) is 33.2 Å². The first-order chi connectivity index (χ1) is 14.7. The van der Waals surface area contributed by atoms with Crippen molar-refractivity contribution in [3.05, 3.63) is 35.4 Å². The molecule has 1 aromatic carbocycles. The van der Waals surface area contributed by atoms with Crippen LogP contribution >= 0.6 is 0 Å². The molecule has 1 aromatic rings. The number of ether oxygens (including phenoxy) is 1. The van der Waals surface area contributed by atoms with Crippen molar-refractivity contribution in [3.63, 3.8) is 0 Å². The molecule has 31 heavy (non-hydrogen) atoms. The molecule has 0 fully saturated rings. The van der Waals surface area contributed by atoms with Crippen LogP contribution in [0.25, 0.3) is 0 Å². The summed E-state index contributed by atoms with van der Waals surface area (Å²) in [5.74, 6) is 0.666. The maximum absolute atomic E-state index is 12.1. The monoisotopic (exact) mass is 433 g/mol. The van der Waals surface area contributed by atoms with Gasteiger partial charge in [-0.05, 0) is 58.2 Å². The molecule has 8 nitrogen and oxygen atoms in total. The lowest BCUT2D eigenvalue weighted by Crippen LogP contribution is -2.39.